The summed E-state index contributed by atoms with van der Waals surface area (Å²) in [4.78, 5) is 29.2. The van der Waals surface area contributed by atoms with Crippen molar-refractivity contribution in [3.63, 3.8) is 0 Å². The van der Waals surface area contributed by atoms with E-state index in [2.05, 4.69) is 31.0 Å². The monoisotopic (exact) mass is 552 g/mol. The van der Waals surface area contributed by atoms with Crippen LogP contribution in [0.15, 0.2) is 85.3 Å². The van der Waals surface area contributed by atoms with Crippen LogP contribution in [0.25, 0.3) is 22.7 Å². The second-order valence-corrected chi connectivity index (χ2v) is 10.0. The lowest BCUT2D eigenvalue weighted by molar-refractivity contribution is -0.137. The van der Waals surface area contributed by atoms with E-state index < -0.39 is 6.04 Å². The fraction of sp³-hybridized carbons (Fsp3) is 0.172. The number of carbonyl (C=O) groups is 2. The number of benzene rings is 3. The Bertz CT molecular complexity index is 1680. The highest BCUT2D eigenvalue weighted by molar-refractivity contribution is 6.30. The molecule has 2 aromatic heterocycles. The van der Waals surface area contributed by atoms with Gasteiger partial charge in [-0.1, -0.05) is 41.9 Å². The van der Waals surface area contributed by atoms with Gasteiger partial charge < -0.3 is 10.2 Å². The van der Waals surface area contributed by atoms with E-state index in [1.165, 1.54) is 17.1 Å². The molecule has 0 radical (unpaired) electrons. The number of rotatable bonds is 6. The summed E-state index contributed by atoms with van der Waals surface area (Å²) in [7, 11) is 0. The molecule has 0 unspecified atom stereocenters. The molecule has 2 amide bonds. The lowest BCUT2D eigenvalue weighted by Gasteiger charge is -2.40. The van der Waals surface area contributed by atoms with Crippen LogP contribution in [0.5, 0.6) is 0 Å². The number of aromatic amines is 1. The van der Waals surface area contributed by atoms with Crippen molar-refractivity contribution in [2.24, 2.45) is 0 Å². The fourth-order valence-corrected chi connectivity index (χ4v) is 5.43. The quantitative estimate of drug-likeness (QED) is 0.296. The summed E-state index contributed by atoms with van der Waals surface area (Å²) in [5.41, 5.74) is 3.87. The molecule has 1 aliphatic heterocycles. The Morgan fingerprint density at radius 1 is 1.07 bits per heavy atom. The average Bonchev–Trinajstić information content (AvgIpc) is 3.68. The maximum atomic E-state index is 13.9. The highest BCUT2D eigenvalue weighted by atomic mass is 35.5. The minimum atomic E-state index is -0.702. The molecule has 11 heteroatoms. The molecule has 0 aliphatic carbocycles. The number of H-pyrrole nitrogens is 1. The Labute approximate surface area is 234 Å². The molecule has 0 bridgehead atoms. The van der Waals surface area contributed by atoms with Crippen LogP contribution in [-0.4, -0.2) is 59.7 Å². The normalized spacial score (nSPS) is 17.4. The number of hydrogen-bond donors (Lipinski definition) is 2. The molecule has 6 rings (SSSR count). The van der Waals surface area contributed by atoms with E-state index in [-0.39, 0.29) is 17.7 Å². The number of carbonyl (C=O) groups excluding carboxylic acids is 2. The summed E-state index contributed by atoms with van der Waals surface area (Å²) in [5, 5.41) is 22.8. The summed E-state index contributed by atoms with van der Waals surface area (Å²) in [6, 6.07) is 20.0. The van der Waals surface area contributed by atoms with Gasteiger partial charge in [-0.05, 0) is 71.3 Å². The molecule has 3 heterocycles. The Hall–Kier alpha value is -4.83. The number of aromatic nitrogens is 6. The lowest BCUT2D eigenvalue weighted by atomic mass is 9.82. The molecule has 10 nitrogen and oxygen atoms in total. The third kappa shape index (κ3) is 5.21. The van der Waals surface area contributed by atoms with Gasteiger partial charge in [0, 0.05) is 40.2 Å². The van der Waals surface area contributed by atoms with Crippen molar-refractivity contribution in [1.82, 2.24) is 35.3 Å². The first-order valence-corrected chi connectivity index (χ1v) is 13.3. The third-order valence-electron chi connectivity index (χ3n) is 7.11. The maximum Gasteiger partial charge on any atom is 0.247 e. The van der Waals surface area contributed by atoms with Crippen LogP contribution in [0.3, 0.4) is 0 Å². The van der Waals surface area contributed by atoms with E-state index in [1.54, 1.807) is 35.4 Å². The summed E-state index contributed by atoms with van der Waals surface area (Å²) < 4.78 is 1.50. The van der Waals surface area contributed by atoms with Crippen LogP contribution >= 0.6 is 11.6 Å². The van der Waals surface area contributed by atoms with Crippen LogP contribution in [0.1, 0.15) is 29.9 Å². The zero-order valence-electron chi connectivity index (χ0n) is 21.3. The molecule has 0 saturated carbocycles. The molecule has 3 aromatic carbocycles. The van der Waals surface area contributed by atoms with Crippen molar-refractivity contribution >= 4 is 46.1 Å². The molecule has 1 aliphatic rings. The molecule has 0 spiro atoms. The first-order chi connectivity index (χ1) is 19.6. The first kappa shape index (κ1) is 25.4. The van der Waals surface area contributed by atoms with Crippen molar-refractivity contribution < 1.29 is 9.59 Å². The van der Waals surface area contributed by atoms with Crippen LogP contribution in [0.4, 0.5) is 5.69 Å². The standard InChI is InChI=1S/C29H25ClN8O2/c30-22-9-12-26(38-18-32-35-36-38)20(15-22)8-13-27(39)37-14-4-7-24(19-5-2-1-3-6-19)28(37)29(40)33-23-10-11-25-21(16-23)17-31-34-25/h1-3,5-6,8-13,15-18,24,28H,4,7,14H2,(H,31,34)(H,33,40)/t24-,28-/m0/s1. The molecule has 40 heavy (non-hydrogen) atoms. The van der Waals surface area contributed by atoms with Gasteiger partial charge in [0.1, 0.15) is 12.4 Å². The van der Waals surface area contributed by atoms with Crippen LogP contribution < -0.4 is 5.32 Å². The Morgan fingerprint density at radius 2 is 1.95 bits per heavy atom. The number of amides is 2. The highest BCUT2D eigenvalue weighted by Gasteiger charge is 2.39. The molecular formula is C29H25ClN8O2. The van der Waals surface area contributed by atoms with Crippen LogP contribution in [0, 0.1) is 0 Å². The SMILES string of the molecule is O=C(Nc1ccc2[nH]ncc2c1)[C@@H]1[C@H](c2ccccc2)CCCN1C(=O)C=Cc1cc(Cl)ccc1-n1cnnn1. The van der Waals surface area contributed by atoms with Crippen molar-refractivity contribution in [1.29, 1.82) is 0 Å². The molecule has 1 fully saturated rings. The number of tetrazole rings is 1. The van der Waals surface area contributed by atoms with E-state index in [9.17, 15) is 9.59 Å². The number of anilines is 1. The van der Waals surface area contributed by atoms with Crippen LogP contribution in [-0.2, 0) is 9.59 Å². The Balaban J connectivity index is 1.31. The largest absolute Gasteiger partial charge is 0.326 e. The second-order valence-electron chi connectivity index (χ2n) is 9.59. The molecule has 1 saturated heterocycles. The van der Waals surface area contributed by atoms with Gasteiger partial charge in [0.05, 0.1) is 17.4 Å². The number of nitrogens with zero attached hydrogens (tertiary/aromatic N) is 6. The third-order valence-corrected chi connectivity index (χ3v) is 7.34. The number of nitrogens with one attached hydrogen (secondary N) is 2. The molecule has 2 atom stereocenters. The number of piperidine rings is 1. The molecular weight excluding hydrogens is 528 g/mol. The van der Waals surface area contributed by atoms with E-state index in [4.69, 9.17) is 11.6 Å². The van der Waals surface area contributed by atoms with E-state index >= 15 is 0 Å². The van der Waals surface area contributed by atoms with Gasteiger partial charge in [0.25, 0.3) is 0 Å². The van der Waals surface area contributed by atoms with Crippen molar-refractivity contribution in [3.8, 4) is 5.69 Å². The van der Waals surface area contributed by atoms with Gasteiger partial charge in [0.15, 0.2) is 0 Å². The van der Waals surface area contributed by atoms with Gasteiger partial charge in [-0.25, -0.2) is 0 Å². The number of halogens is 1. The number of hydrogen-bond acceptors (Lipinski definition) is 6. The maximum absolute atomic E-state index is 13.9. The minimum Gasteiger partial charge on any atom is -0.326 e. The highest BCUT2D eigenvalue weighted by Crippen LogP contribution is 2.34. The van der Waals surface area contributed by atoms with Gasteiger partial charge in [-0.3, -0.25) is 14.7 Å². The smallest absolute Gasteiger partial charge is 0.247 e. The van der Waals surface area contributed by atoms with Gasteiger partial charge in [-0.15, -0.1) is 5.10 Å². The summed E-state index contributed by atoms with van der Waals surface area (Å²) in [5.74, 6) is -0.670. The van der Waals surface area contributed by atoms with E-state index in [0.717, 1.165) is 29.3 Å². The zero-order valence-corrected chi connectivity index (χ0v) is 22.1. The van der Waals surface area contributed by atoms with Crippen molar-refractivity contribution in [2.45, 2.75) is 24.8 Å². The molecule has 200 valence electrons. The van der Waals surface area contributed by atoms with Gasteiger partial charge in [0.2, 0.25) is 11.8 Å². The van der Waals surface area contributed by atoms with E-state index in [0.29, 0.717) is 28.5 Å². The summed E-state index contributed by atoms with van der Waals surface area (Å²) in [6.45, 7) is 0.459. The average molecular weight is 553 g/mol. The fourth-order valence-electron chi connectivity index (χ4n) is 5.25. The predicted octanol–water partition coefficient (Wildman–Crippen LogP) is 4.62. The summed E-state index contributed by atoms with van der Waals surface area (Å²) >= 11 is 6.25. The zero-order chi connectivity index (χ0) is 27.5. The number of fused-ring (bicyclic) bond motifs is 1. The second kappa shape index (κ2) is 11.1. The first-order valence-electron chi connectivity index (χ1n) is 12.9. The van der Waals surface area contributed by atoms with Crippen molar-refractivity contribution in [2.75, 3.05) is 11.9 Å². The van der Waals surface area contributed by atoms with Gasteiger partial charge >= 0.3 is 0 Å². The van der Waals surface area contributed by atoms with Crippen molar-refractivity contribution in [3.05, 3.63) is 101 Å². The Morgan fingerprint density at radius 3 is 2.77 bits per heavy atom. The molecule has 2 N–H and O–H groups in total. The van der Waals surface area contributed by atoms with Crippen LogP contribution in [0.2, 0.25) is 5.02 Å². The van der Waals surface area contributed by atoms with E-state index in [1.807, 2.05) is 48.5 Å². The minimum absolute atomic E-state index is 0.159. The number of likely N-dealkylation sites (tertiary alicyclic amines) is 1. The predicted molar refractivity (Wildman–Crippen MR) is 152 cm³/mol. The topological polar surface area (TPSA) is 122 Å². The van der Waals surface area contributed by atoms with Gasteiger partial charge in [-0.2, -0.15) is 9.78 Å². The molecule has 5 aromatic rings. The lowest BCUT2D eigenvalue weighted by Crippen LogP contribution is -2.53. The summed E-state index contributed by atoms with van der Waals surface area (Å²) in [6.07, 6.45) is 7.89. The Kier molecular flexibility index (Phi) is 7.07.